The largest absolute Gasteiger partial charge is 0.261 e. The molecule has 2 radical (unpaired) electrons. The fourth-order valence-electron chi connectivity index (χ4n) is 2.15. The number of aliphatic imine (C=N–C) groups is 2. The summed E-state index contributed by atoms with van der Waals surface area (Å²) in [7, 11) is 0. The Labute approximate surface area is 240 Å². The Morgan fingerprint density at radius 3 is 1.23 bits per heavy atom. The Kier molecular flexibility index (Phi) is 27.3. The summed E-state index contributed by atoms with van der Waals surface area (Å²) >= 11 is 0. The van der Waals surface area contributed by atoms with Crippen molar-refractivity contribution in [2.45, 2.75) is 12.8 Å². The van der Waals surface area contributed by atoms with Crippen LogP contribution in [0.25, 0.3) is 0 Å². The molecule has 0 saturated heterocycles. The third-order valence-corrected chi connectivity index (χ3v) is 3.38. The molecule has 2 heterocycles. The van der Waals surface area contributed by atoms with Crippen LogP contribution in [0.15, 0.2) is 83.0 Å². The number of aromatic nitrogens is 2. The van der Waals surface area contributed by atoms with Gasteiger partial charge in [-0.2, -0.15) is 0 Å². The Balaban J connectivity index is -0.000000563. The number of hydrogen-bond acceptors (Lipinski definition) is 4. The molecule has 4 nitrogen and oxygen atoms in total. The molecule has 10 heteroatoms. The van der Waals surface area contributed by atoms with E-state index in [0.717, 1.165) is 35.6 Å². The quantitative estimate of drug-likeness (QED) is 0.208. The molecule has 1 aromatic carbocycles. The predicted octanol–water partition coefficient (Wildman–Crippen LogP) is 6.67. The third-order valence-electron chi connectivity index (χ3n) is 3.38. The van der Waals surface area contributed by atoms with Crippen molar-refractivity contribution in [2.75, 3.05) is 0 Å². The Morgan fingerprint density at radius 1 is 0.567 bits per heavy atom. The Bertz CT molecular complexity index is 751. The first-order valence-electron chi connectivity index (χ1n) is 7.85. The van der Waals surface area contributed by atoms with Gasteiger partial charge in [-0.3, -0.25) is 20.0 Å². The first-order chi connectivity index (χ1) is 11.9. The van der Waals surface area contributed by atoms with Crippen molar-refractivity contribution in [3.8, 4) is 0 Å². The van der Waals surface area contributed by atoms with E-state index in [0.29, 0.717) is 0 Å². The Hall–Kier alpha value is -0.181. The number of benzene rings is 1. The van der Waals surface area contributed by atoms with Crippen LogP contribution in [-0.4, -0.2) is 22.4 Å². The van der Waals surface area contributed by atoms with Gasteiger partial charge in [0.25, 0.3) is 0 Å². The molecule has 0 amide bonds. The maximum atomic E-state index is 4.44. The molecule has 0 fully saturated rings. The van der Waals surface area contributed by atoms with E-state index in [1.165, 1.54) is 0 Å². The molecule has 30 heavy (non-hydrogen) atoms. The van der Waals surface area contributed by atoms with Gasteiger partial charge >= 0.3 is 0 Å². The van der Waals surface area contributed by atoms with Gasteiger partial charge in [0.1, 0.15) is 0 Å². The number of rotatable bonds is 6. The van der Waals surface area contributed by atoms with Gasteiger partial charge in [-0.15, -0.1) is 67.9 Å². The molecule has 0 N–H and O–H groups in total. The summed E-state index contributed by atoms with van der Waals surface area (Å²) in [5, 5.41) is 0. The van der Waals surface area contributed by atoms with Gasteiger partial charge in [0.15, 0.2) is 0 Å². The molecular weight excluding hydrogens is 743 g/mol. The second-order valence-electron chi connectivity index (χ2n) is 5.19. The van der Waals surface area contributed by atoms with Crippen LogP contribution in [0.3, 0.4) is 0 Å². The molecule has 172 valence electrons. The van der Waals surface area contributed by atoms with Gasteiger partial charge < -0.3 is 0 Å². The van der Waals surface area contributed by atoms with Crippen LogP contribution < -0.4 is 0 Å². The summed E-state index contributed by atoms with van der Waals surface area (Å²) in [6.07, 6.45) is 8.79. The SMILES string of the molecule is Br.Br.Br.Br.C(Cc1ccccn1)=Nc1ccc(N=CCc2ccccn2)cc1.[Cu].[Cu]. The van der Waals surface area contributed by atoms with Crippen LogP contribution in [0.5, 0.6) is 0 Å². The molecule has 0 aliphatic carbocycles. The molecule has 0 spiro atoms. The Morgan fingerprint density at radius 2 is 0.933 bits per heavy atom. The summed E-state index contributed by atoms with van der Waals surface area (Å²) in [4.78, 5) is 17.4. The topological polar surface area (TPSA) is 50.5 Å². The summed E-state index contributed by atoms with van der Waals surface area (Å²) in [5.41, 5.74) is 3.85. The van der Waals surface area contributed by atoms with E-state index in [1.54, 1.807) is 12.4 Å². The average molecular weight is 765 g/mol. The zero-order valence-electron chi connectivity index (χ0n) is 15.5. The van der Waals surface area contributed by atoms with Crippen molar-refractivity contribution < 1.29 is 34.1 Å². The standard InChI is InChI=1S/C20H18N4.4BrH.2Cu/c1-3-13-21-17(5-1)11-15-23-19-7-9-20(10-8-19)24-16-12-18-6-2-4-14-22-18;;;;;;/h1-10,13-16H,11-12H2;4*1H;;. The molecule has 0 atom stereocenters. The number of nitrogens with zero attached hydrogens (tertiary/aromatic N) is 4. The molecule has 0 bridgehead atoms. The minimum absolute atomic E-state index is 0. The van der Waals surface area contributed by atoms with Crippen LogP contribution >= 0.6 is 67.9 Å². The maximum Gasteiger partial charge on any atom is 0.0627 e. The molecule has 2 aromatic heterocycles. The van der Waals surface area contributed by atoms with Crippen molar-refractivity contribution in [2.24, 2.45) is 9.98 Å². The van der Waals surface area contributed by atoms with E-state index in [4.69, 9.17) is 0 Å². The van der Waals surface area contributed by atoms with Crippen molar-refractivity contribution in [3.05, 3.63) is 84.4 Å². The van der Waals surface area contributed by atoms with E-state index in [9.17, 15) is 0 Å². The minimum atomic E-state index is 0. The van der Waals surface area contributed by atoms with Crippen LogP contribution in [0.2, 0.25) is 0 Å². The molecule has 0 aliphatic heterocycles. The van der Waals surface area contributed by atoms with Crippen LogP contribution in [0.1, 0.15) is 11.4 Å². The maximum absolute atomic E-state index is 4.44. The van der Waals surface area contributed by atoms with Crippen LogP contribution in [0.4, 0.5) is 11.4 Å². The minimum Gasteiger partial charge on any atom is -0.261 e. The zero-order chi connectivity index (χ0) is 16.5. The summed E-state index contributed by atoms with van der Waals surface area (Å²) in [6, 6.07) is 19.6. The van der Waals surface area contributed by atoms with Crippen molar-refractivity contribution in [1.82, 2.24) is 9.97 Å². The average Bonchev–Trinajstić information content (AvgIpc) is 2.65. The first kappa shape index (κ1) is 37.2. The fraction of sp³-hybridized carbons (Fsp3) is 0.100. The van der Waals surface area contributed by atoms with Crippen molar-refractivity contribution in [3.63, 3.8) is 0 Å². The van der Waals surface area contributed by atoms with E-state index in [2.05, 4.69) is 20.0 Å². The van der Waals surface area contributed by atoms with Gasteiger partial charge in [0.05, 0.1) is 11.4 Å². The van der Waals surface area contributed by atoms with Crippen LogP contribution in [-0.2, 0) is 47.0 Å². The second kappa shape index (κ2) is 22.0. The zero-order valence-corrected chi connectivity index (χ0v) is 24.3. The number of halogens is 4. The molecule has 0 unspecified atom stereocenters. The first-order valence-corrected chi connectivity index (χ1v) is 7.85. The molecule has 3 aromatic rings. The van der Waals surface area contributed by atoms with Gasteiger partial charge in [-0.05, 0) is 48.5 Å². The van der Waals surface area contributed by atoms with Gasteiger partial charge in [-0.1, -0.05) is 12.1 Å². The summed E-state index contributed by atoms with van der Waals surface area (Å²) < 4.78 is 0. The van der Waals surface area contributed by atoms with E-state index in [1.807, 2.05) is 73.1 Å². The normalized spacial score (nSPS) is 9.07. The molecule has 0 saturated carbocycles. The second-order valence-corrected chi connectivity index (χ2v) is 5.19. The fourth-order valence-corrected chi connectivity index (χ4v) is 2.15. The molecule has 0 aliphatic rings. The number of hydrogen-bond donors (Lipinski definition) is 0. The van der Waals surface area contributed by atoms with Gasteiger partial charge in [0, 0.05) is 83.2 Å². The smallest absolute Gasteiger partial charge is 0.0627 e. The van der Waals surface area contributed by atoms with E-state index < -0.39 is 0 Å². The summed E-state index contributed by atoms with van der Waals surface area (Å²) in [6.45, 7) is 0. The van der Waals surface area contributed by atoms with Gasteiger partial charge in [-0.25, -0.2) is 0 Å². The van der Waals surface area contributed by atoms with Gasteiger partial charge in [0.2, 0.25) is 0 Å². The number of pyridine rings is 2. The van der Waals surface area contributed by atoms with Crippen LogP contribution in [0, 0.1) is 0 Å². The predicted molar refractivity (Wildman–Crippen MR) is 140 cm³/mol. The summed E-state index contributed by atoms with van der Waals surface area (Å²) in [5.74, 6) is 0. The van der Waals surface area contributed by atoms with E-state index in [-0.39, 0.29) is 102 Å². The van der Waals surface area contributed by atoms with Crippen molar-refractivity contribution >= 4 is 91.7 Å². The monoisotopic (exact) mass is 760 g/mol. The third kappa shape index (κ3) is 14.0. The molecular formula is C20H22Br4Cu2N4. The van der Waals surface area contributed by atoms with E-state index >= 15 is 0 Å². The molecule has 3 rings (SSSR count). The van der Waals surface area contributed by atoms with Crippen molar-refractivity contribution in [1.29, 1.82) is 0 Å².